The van der Waals surface area contributed by atoms with Crippen molar-refractivity contribution in [3.05, 3.63) is 87.9 Å². The summed E-state index contributed by atoms with van der Waals surface area (Å²) in [4.78, 5) is 50.7. The third-order valence-corrected chi connectivity index (χ3v) is 5.79. The summed E-state index contributed by atoms with van der Waals surface area (Å²) >= 11 is 6.31. The lowest BCUT2D eigenvalue weighted by molar-refractivity contribution is -0.122. The standard InChI is InChI=1S/C27H22ClN3O6/c1-15-3-9-22(16(2)11-15)29-24(33)14-37-23-10-4-17(13-21(23)28)12-20-25(34)30-27(36)31(26(20)35)18-5-7-19(32)8-6-18/h3-13,32H,14H2,1-2H3,(H,29,33)(H,30,34,36)/b20-12-. The number of phenols is 1. The zero-order chi connectivity index (χ0) is 26.7. The first-order valence-corrected chi connectivity index (χ1v) is 11.5. The van der Waals surface area contributed by atoms with Gasteiger partial charge < -0.3 is 15.2 Å². The van der Waals surface area contributed by atoms with Gasteiger partial charge in [-0.05, 0) is 73.5 Å². The van der Waals surface area contributed by atoms with Gasteiger partial charge in [0.15, 0.2) is 6.61 Å². The van der Waals surface area contributed by atoms with Crippen LogP contribution in [0.2, 0.25) is 5.02 Å². The largest absolute Gasteiger partial charge is 0.508 e. The van der Waals surface area contributed by atoms with Crippen LogP contribution in [-0.2, 0) is 14.4 Å². The molecule has 0 spiro atoms. The summed E-state index contributed by atoms with van der Waals surface area (Å²) < 4.78 is 5.54. The van der Waals surface area contributed by atoms with Crippen LogP contribution in [0.3, 0.4) is 0 Å². The highest BCUT2D eigenvalue weighted by Crippen LogP contribution is 2.28. The van der Waals surface area contributed by atoms with Gasteiger partial charge in [-0.3, -0.25) is 19.7 Å². The molecule has 0 unspecified atom stereocenters. The highest BCUT2D eigenvalue weighted by molar-refractivity contribution is 6.39. The number of carbonyl (C=O) groups is 4. The molecule has 3 aromatic carbocycles. The molecular formula is C27H22ClN3O6. The molecular weight excluding hydrogens is 498 g/mol. The second kappa shape index (κ2) is 10.5. The van der Waals surface area contributed by atoms with Gasteiger partial charge in [0.05, 0.1) is 10.7 Å². The van der Waals surface area contributed by atoms with E-state index in [0.29, 0.717) is 11.3 Å². The molecule has 0 atom stereocenters. The minimum atomic E-state index is -0.904. The Balaban J connectivity index is 1.47. The van der Waals surface area contributed by atoms with Crippen molar-refractivity contribution in [3.8, 4) is 11.5 Å². The fourth-order valence-electron chi connectivity index (χ4n) is 3.67. The summed E-state index contributed by atoms with van der Waals surface area (Å²) in [6, 6.07) is 14.7. The number of anilines is 2. The average molecular weight is 520 g/mol. The van der Waals surface area contributed by atoms with Crippen molar-refractivity contribution in [2.24, 2.45) is 0 Å². The number of rotatable bonds is 6. The third kappa shape index (κ3) is 5.79. The number of hydrogen-bond acceptors (Lipinski definition) is 6. The molecule has 37 heavy (non-hydrogen) atoms. The number of nitrogens with one attached hydrogen (secondary N) is 2. The first-order chi connectivity index (χ1) is 17.6. The van der Waals surface area contributed by atoms with E-state index >= 15 is 0 Å². The first-order valence-electron chi connectivity index (χ1n) is 11.1. The number of aryl methyl sites for hydroxylation is 2. The van der Waals surface area contributed by atoms with Crippen LogP contribution in [0.4, 0.5) is 16.2 Å². The zero-order valence-corrected chi connectivity index (χ0v) is 20.6. The maximum atomic E-state index is 13.0. The normalized spacial score (nSPS) is 14.5. The molecule has 0 aliphatic carbocycles. The molecule has 5 amide bonds. The summed E-state index contributed by atoms with van der Waals surface area (Å²) in [5.41, 5.74) is 2.99. The number of carbonyl (C=O) groups excluding carboxylic acids is 4. The Morgan fingerprint density at radius 2 is 1.78 bits per heavy atom. The molecule has 0 saturated carbocycles. The summed E-state index contributed by atoms with van der Waals surface area (Å²) in [6.07, 6.45) is 1.29. The van der Waals surface area contributed by atoms with Crippen LogP contribution in [-0.4, -0.2) is 35.5 Å². The number of aromatic hydroxyl groups is 1. The Morgan fingerprint density at radius 1 is 1.05 bits per heavy atom. The zero-order valence-electron chi connectivity index (χ0n) is 19.9. The van der Waals surface area contributed by atoms with Crippen molar-refractivity contribution < 1.29 is 29.0 Å². The maximum Gasteiger partial charge on any atom is 0.335 e. The number of barbiturate groups is 1. The van der Waals surface area contributed by atoms with Crippen LogP contribution in [0.1, 0.15) is 16.7 Å². The van der Waals surface area contributed by atoms with Crippen molar-refractivity contribution in [3.63, 3.8) is 0 Å². The molecule has 0 aromatic heterocycles. The molecule has 188 valence electrons. The minimum absolute atomic E-state index is 0.0415. The van der Waals surface area contributed by atoms with E-state index in [0.717, 1.165) is 16.0 Å². The number of hydrogen-bond donors (Lipinski definition) is 3. The number of urea groups is 1. The van der Waals surface area contributed by atoms with E-state index in [-0.39, 0.29) is 40.3 Å². The number of nitrogens with zero attached hydrogens (tertiary/aromatic N) is 1. The SMILES string of the molecule is Cc1ccc(NC(=O)COc2ccc(/C=C3/C(=O)NC(=O)N(c4ccc(O)cc4)C3=O)cc2Cl)c(C)c1. The maximum absolute atomic E-state index is 13.0. The molecule has 9 nitrogen and oxygen atoms in total. The van der Waals surface area contributed by atoms with Gasteiger partial charge in [0.25, 0.3) is 17.7 Å². The summed E-state index contributed by atoms with van der Waals surface area (Å²) in [5.74, 6) is -1.86. The number of imide groups is 2. The van der Waals surface area contributed by atoms with Gasteiger partial charge in [-0.1, -0.05) is 35.4 Å². The van der Waals surface area contributed by atoms with Gasteiger partial charge in [-0.25, -0.2) is 9.69 Å². The van der Waals surface area contributed by atoms with Crippen molar-refractivity contribution in [1.82, 2.24) is 5.32 Å². The molecule has 0 radical (unpaired) electrons. The van der Waals surface area contributed by atoms with Gasteiger partial charge in [-0.2, -0.15) is 0 Å². The second-order valence-electron chi connectivity index (χ2n) is 8.32. The van der Waals surface area contributed by atoms with E-state index in [1.165, 1.54) is 42.5 Å². The summed E-state index contributed by atoms with van der Waals surface area (Å²) in [6.45, 7) is 3.58. The van der Waals surface area contributed by atoms with Crippen molar-refractivity contribution in [2.45, 2.75) is 13.8 Å². The van der Waals surface area contributed by atoms with Crippen molar-refractivity contribution in [2.75, 3.05) is 16.8 Å². The van der Waals surface area contributed by atoms with Gasteiger partial charge in [0, 0.05) is 5.69 Å². The fourth-order valence-corrected chi connectivity index (χ4v) is 3.91. The van der Waals surface area contributed by atoms with Gasteiger partial charge in [0.2, 0.25) is 0 Å². The molecule has 10 heteroatoms. The Labute approximate surface area is 217 Å². The smallest absolute Gasteiger partial charge is 0.335 e. The molecule has 3 N–H and O–H groups in total. The fraction of sp³-hybridized carbons (Fsp3) is 0.111. The number of benzene rings is 3. The molecule has 3 aromatic rings. The first kappa shape index (κ1) is 25.5. The van der Waals surface area contributed by atoms with E-state index < -0.39 is 17.8 Å². The average Bonchev–Trinajstić information content (AvgIpc) is 2.84. The monoisotopic (exact) mass is 519 g/mol. The topological polar surface area (TPSA) is 125 Å². The highest BCUT2D eigenvalue weighted by Gasteiger charge is 2.36. The predicted octanol–water partition coefficient (Wildman–Crippen LogP) is 4.35. The molecule has 0 bridgehead atoms. The number of halogens is 1. The third-order valence-electron chi connectivity index (χ3n) is 5.49. The van der Waals surface area contributed by atoms with E-state index in [9.17, 15) is 24.3 Å². The quantitative estimate of drug-likeness (QED) is 0.328. The van der Waals surface area contributed by atoms with Crippen LogP contribution >= 0.6 is 11.6 Å². The minimum Gasteiger partial charge on any atom is -0.508 e. The predicted molar refractivity (Wildman–Crippen MR) is 139 cm³/mol. The second-order valence-corrected chi connectivity index (χ2v) is 8.73. The molecule has 1 saturated heterocycles. The van der Waals surface area contributed by atoms with Crippen LogP contribution in [0.15, 0.2) is 66.2 Å². The van der Waals surface area contributed by atoms with Crippen LogP contribution in [0, 0.1) is 13.8 Å². The lowest BCUT2D eigenvalue weighted by atomic mass is 10.1. The lowest BCUT2D eigenvalue weighted by Gasteiger charge is -2.26. The number of phenolic OH excluding ortho intramolecular Hbond substituents is 1. The van der Waals surface area contributed by atoms with E-state index in [4.69, 9.17) is 16.3 Å². The summed E-state index contributed by atoms with van der Waals surface area (Å²) in [7, 11) is 0. The number of amides is 5. The van der Waals surface area contributed by atoms with Gasteiger partial charge >= 0.3 is 6.03 Å². The van der Waals surface area contributed by atoms with Crippen LogP contribution in [0.25, 0.3) is 6.08 Å². The van der Waals surface area contributed by atoms with Crippen molar-refractivity contribution in [1.29, 1.82) is 0 Å². The van der Waals surface area contributed by atoms with Crippen LogP contribution in [0.5, 0.6) is 11.5 Å². The van der Waals surface area contributed by atoms with Gasteiger partial charge in [-0.15, -0.1) is 0 Å². The molecule has 1 aliphatic heterocycles. The van der Waals surface area contributed by atoms with Crippen molar-refractivity contribution >= 4 is 52.8 Å². The Morgan fingerprint density at radius 3 is 2.46 bits per heavy atom. The van der Waals surface area contributed by atoms with E-state index in [2.05, 4.69) is 10.6 Å². The van der Waals surface area contributed by atoms with Gasteiger partial charge in [0.1, 0.15) is 17.1 Å². The lowest BCUT2D eigenvalue weighted by Crippen LogP contribution is -2.54. The molecule has 1 aliphatic rings. The Bertz CT molecular complexity index is 1450. The van der Waals surface area contributed by atoms with E-state index in [1.54, 1.807) is 6.07 Å². The molecule has 4 rings (SSSR count). The highest BCUT2D eigenvalue weighted by atomic mass is 35.5. The molecule has 1 fully saturated rings. The number of ether oxygens (including phenoxy) is 1. The van der Waals surface area contributed by atoms with Crippen LogP contribution < -0.4 is 20.3 Å². The summed E-state index contributed by atoms with van der Waals surface area (Å²) in [5, 5.41) is 14.5. The molecule has 1 heterocycles. The Kier molecular flexibility index (Phi) is 7.26. The Hall–Kier alpha value is -4.63. The van der Waals surface area contributed by atoms with E-state index in [1.807, 2.05) is 32.0 Å².